The van der Waals surface area contributed by atoms with E-state index in [0.29, 0.717) is 5.69 Å². The number of H-pyrrole nitrogens is 2. The van der Waals surface area contributed by atoms with Crippen LogP contribution in [-0.4, -0.2) is 49.7 Å². The van der Waals surface area contributed by atoms with E-state index < -0.39 is 10.0 Å². The second kappa shape index (κ2) is 6.84. The van der Waals surface area contributed by atoms with Gasteiger partial charge in [-0.3, -0.25) is 0 Å². The molecule has 0 amide bonds. The second-order valence-electron chi connectivity index (χ2n) is 4.66. The van der Waals surface area contributed by atoms with Crippen LogP contribution in [0.15, 0.2) is 23.2 Å². The van der Waals surface area contributed by atoms with E-state index in [1.54, 1.807) is 0 Å². The van der Waals surface area contributed by atoms with Crippen molar-refractivity contribution in [2.75, 3.05) is 5.32 Å². The van der Waals surface area contributed by atoms with Crippen LogP contribution in [0.5, 0.6) is 0 Å². The number of nitrogens with two attached hydrogens (primary N) is 1. The third kappa shape index (κ3) is 3.49. The van der Waals surface area contributed by atoms with Crippen LogP contribution in [0.4, 0.5) is 5.69 Å². The number of primary sulfonamides is 1. The first-order valence-corrected chi connectivity index (χ1v) is 8.53. The van der Waals surface area contributed by atoms with Crippen LogP contribution >= 0.6 is 11.6 Å². The fraction of sp³-hybridized carbons (Fsp3) is 0. The number of tetrazole rings is 2. The van der Waals surface area contributed by atoms with Crippen molar-refractivity contribution < 1.29 is 8.42 Å². The van der Waals surface area contributed by atoms with Gasteiger partial charge in [-0.1, -0.05) is 11.6 Å². The summed E-state index contributed by atoms with van der Waals surface area (Å²) in [7, 11) is -4.08. The number of allylic oxidation sites excluding steroid dienone is 1. The van der Waals surface area contributed by atoms with Crippen LogP contribution in [0.1, 0.15) is 5.82 Å². The van der Waals surface area contributed by atoms with Crippen LogP contribution in [0.3, 0.4) is 0 Å². The maximum atomic E-state index is 11.7. The Balaban J connectivity index is 2.09. The van der Waals surface area contributed by atoms with E-state index in [9.17, 15) is 13.7 Å². The Morgan fingerprint density at radius 2 is 2.00 bits per heavy atom. The molecule has 0 spiro atoms. The molecule has 0 aliphatic heterocycles. The SMILES string of the molecule is N#CC(=CNc1cc(Cl)c(S(N)(=O)=O)cc1-c1nn[nH]n1)c1nn[nH]n1. The molecular weight excluding hydrogens is 386 g/mol. The molecule has 13 nitrogen and oxygen atoms in total. The number of halogens is 1. The number of hydrogen-bond donors (Lipinski definition) is 4. The van der Waals surface area contributed by atoms with E-state index in [2.05, 4.69) is 46.6 Å². The molecule has 5 N–H and O–H groups in total. The van der Waals surface area contributed by atoms with Gasteiger partial charge in [-0.2, -0.15) is 15.7 Å². The predicted octanol–water partition coefficient (Wildman–Crippen LogP) is -0.343. The van der Waals surface area contributed by atoms with Crippen LogP contribution in [0.25, 0.3) is 17.0 Å². The molecule has 15 heteroatoms. The Kier molecular flexibility index (Phi) is 4.58. The zero-order chi connectivity index (χ0) is 18.7. The Morgan fingerprint density at radius 1 is 1.27 bits per heavy atom. The number of benzene rings is 1. The topological polar surface area (TPSA) is 205 Å². The minimum Gasteiger partial charge on any atom is -0.360 e. The van der Waals surface area contributed by atoms with Gasteiger partial charge in [-0.15, -0.1) is 20.4 Å². The van der Waals surface area contributed by atoms with E-state index in [0.717, 1.165) is 0 Å². The molecule has 2 heterocycles. The summed E-state index contributed by atoms with van der Waals surface area (Å²) in [6.07, 6.45) is 1.29. The molecule has 0 saturated carbocycles. The van der Waals surface area contributed by atoms with Crippen LogP contribution in [0.2, 0.25) is 5.02 Å². The van der Waals surface area contributed by atoms with Gasteiger partial charge in [0.25, 0.3) is 0 Å². The number of aromatic amines is 2. The number of aromatic nitrogens is 8. The molecule has 0 atom stereocenters. The Labute approximate surface area is 150 Å². The third-order valence-electron chi connectivity index (χ3n) is 3.04. The fourth-order valence-electron chi connectivity index (χ4n) is 1.92. The minimum atomic E-state index is -4.08. The number of hydrogen-bond acceptors (Lipinski definition) is 10. The van der Waals surface area contributed by atoms with Crippen molar-refractivity contribution in [2.45, 2.75) is 4.90 Å². The lowest BCUT2D eigenvalue weighted by molar-refractivity contribution is 0.598. The van der Waals surface area contributed by atoms with Gasteiger partial charge in [0.1, 0.15) is 16.5 Å². The van der Waals surface area contributed by atoms with Crippen LogP contribution < -0.4 is 10.5 Å². The fourth-order valence-corrected chi connectivity index (χ4v) is 3.02. The maximum absolute atomic E-state index is 11.7. The van der Waals surface area contributed by atoms with Crippen molar-refractivity contribution in [3.8, 4) is 17.5 Å². The molecule has 132 valence electrons. The summed E-state index contributed by atoms with van der Waals surface area (Å²) in [5.41, 5.74) is 0.582. The highest BCUT2D eigenvalue weighted by molar-refractivity contribution is 7.89. The molecular formula is C11H8ClN11O2S. The predicted molar refractivity (Wildman–Crippen MR) is 87.4 cm³/mol. The van der Waals surface area contributed by atoms with Gasteiger partial charge in [-0.25, -0.2) is 13.6 Å². The monoisotopic (exact) mass is 393 g/mol. The van der Waals surface area contributed by atoms with E-state index >= 15 is 0 Å². The third-order valence-corrected chi connectivity index (χ3v) is 4.42. The highest BCUT2D eigenvalue weighted by Gasteiger charge is 2.19. The molecule has 2 aromatic heterocycles. The Morgan fingerprint density at radius 3 is 2.58 bits per heavy atom. The summed E-state index contributed by atoms with van der Waals surface area (Å²) in [6.45, 7) is 0. The number of nitrogens with zero attached hydrogens (tertiary/aromatic N) is 7. The minimum absolute atomic E-state index is 0.0597. The molecule has 0 unspecified atom stereocenters. The summed E-state index contributed by atoms with van der Waals surface area (Å²) in [6, 6.07) is 4.39. The Hall–Kier alpha value is -3.41. The lowest BCUT2D eigenvalue weighted by Gasteiger charge is -2.10. The number of sulfonamides is 1. The first kappa shape index (κ1) is 17.4. The van der Waals surface area contributed by atoms with Gasteiger partial charge >= 0.3 is 0 Å². The van der Waals surface area contributed by atoms with Crippen molar-refractivity contribution in [2.24, 2.45) is 5.14 Å². The summed E-state index contributed by atoms with van der Waals surface area (Å²) >= 11 is 6.01. The average Bonchev–Trinajstić information content (AvgIpc) is 3.28. The van der Waals surface area contributed by atoms with Crippen LogP contribution in [0, 0.1) is 11.3 Å². The van der Waals surface area contributed by atoms with E-state index in [-0.39, 0.29) is 32.7 Å². The van der Waals surface area contributed by atoms with Gasteiger partial charge in [0.15, 0.2) is 0 Å². The molecule has 0 aliphatic rings. The number of nitriles is 1. The molecule has 26 heavy (non-hydrogen) atoms. The van der Waals surface area contributed by atoms with Gasteiger partial charge in [0.05, 0.1) is 10.7 Å². The van der Waals surface area contributed by atoms with Gasteiger partial charge < -0.3 is 5.32 Å². The molecule has 3 aromatic rings. The summed E-state index contributed by atoms with van der Waals surface area (Å²) in [5, 5.41) is 43.3. The van der Waals surface area contributed by atoms with Crippen molar-refractivity contribution in [1.82, 2.24) is 41.2 Å². The first-order chi connectivity index (χ1) is 12.4. The lowest BCUT2D eigenvalue weighted by atomic mass is 10.1. The normalized spacial score (nSPS) is 12.0. The summed E-state index contributed by atoms with van der Waals surface area (Å²) in [4.78, 5) is -0.313. The molecule has 0 bridgehead atoms. The summed E-state index contributed by atoms with van der Waals surface area (Å²) < 4.78 is 23.4. The quantitative estimate of drug-likeness (QED) is 0.414. The van der Waals surface area contributed by atoms with Gasteiger partial charge in [0.2, 0.25) is 21.7 Å². The van der Waals surface area contributed by atoms with E-state index in [1.165, 1.54) is 18.3 Å². The van der Waals surface area contributed by atoms with Gasteiger partial charge in [0, 0.05) is 11.8 Å². The average molecular weight is 394 g/mol. The molecule has 3 rings (SSSR count). The number of nitrogens with one attached hydrogen (secondary N) is 3. The lowest BCUT2D eigenvalue weighted by Crippen LogP contribution is -2.13. The molecule has 0 fully saturated rings. The zero-order valence-corrected chi connectivity index (χ0v) is 14.1. The van der Waals surface area contributed by atoms with Crippen molar-refractivity contribution in [3.05, 3.63) is 29.2 Å². The zero-order valence-electron chi connectivity index (χ0n) is 12.5. The molecule has 0 aliphatic carbocycles. The van der Waals surface area contributed by atoms with E-state index in [4.69, 9.17) is 16.7 Å². The van der Waals surface area contributed by atoms with Crippen molar-refractivity contribution >= 4 is 32.9 Å². The van der Waals surface area contributed by atoms with Crippen molar-refractivity contribution in [1.29, 1.82) is 5.26 Å². The standard InChI is InChI=1S/C11H8ClN11O2S/c12-7-2-8(15-4-5(3-13)10-16-20-21-17-10)6(11-18-22-23-19-11)1-9(7)26(14,24)25/h1-2,4,15H,(H2,14,24,25)(H,16,17,20,21)(H,18,19,22,23). The summed E-state index contributed by atoms with van der Waals surface area (Å²) in [5.74, 6) is 0.147. The van der Waals surface area contributed by atoms with Crippen molar-refractivity contribution in [3.63, 3.8) is 0 Å². The maximum Gasteiger partial charge on any atom is 0.239 e. The second-order valence-corrected chi connectivity index (χ2v) is 6.60. The first-order valence-electron chi connectivity index (χ1n) is 6.61. The number of rotatable bonds is 5. The van der Waals surface area contributed by atoms with E-state index in [1.807, 2.05) is 6.07 Å². The molecule has 1 aromatic carbocycles. The molecule has 0 radical (unpaired) electrons. The highest BCUT2D eigenvalue weighted by atomic mass is 35.5. The molecule has 0 saturated heterocycles. The smallest absolute Gasteiger partial charge is 0.239 e. The van der Waals surface area contributed by atoms with Crippen LogP contribution in [-0.2, 0) is 10.0 Å². The Bertz CT molecular complexity index is 1100. The van der Waals surface area contributed by atoms with Gasteiger partial charge in [-0.05, 0) is 22.6 Å². The highest BCUT2D eigenvalue weighted by Crippen LogP contribution is 2.33. The largest absolute Gasteiger partial charge is 0.360 e. The number of anilines is 1.